The third-order valence-corrected chi connectivity index (χ3v) is 9.20. The van der Waals surface area contributed by atoms with E-state index in [0.717, 1.165) is 70.6 Å². The normalized spacial score (nSPS) is 14.3. The van der Waals surface area contributed by atoms with Crippen molar-refractivity contribution in [2.45, 2.75) is 161 Å². The molecule has 0 saturated heterocycles. The van der Waals surface area contributed by atoms with Gasteiger partial charge in [0.2, 0.25) is 0 Å². The Balaban J connectivity index is 4.32. The molecular weight excluding hydrogens is 637 g/mol. The summed E-state index contributed by atoms with van der Waals surface area (Å²) in [6.45, 7) is 5.45. The molecule has 8 nitrogen and oxygen atoms in total. The molecular formula is C40H77NO7P+. The molecule has 0 amide bonds. The van der Waals surface area contributed by atoms with Crippen molar-refractivity contribution in [1.29, 1.82) is 0 Å². The van der Waals surface area contributed by atoms with Crippen molar-refractivity contribution in [1.82, 2.24) is 0 Å². The minimum Gasteiger partial charge on any atom is -0.457 e. The van der Waals surface area contributed by atoms with Crippen LogP contribution in [0.1, 0.15) is 155 Å². The number of quaternary nitrogens is 1. The van der Waals surface area contributed by atoms with Crippen molar-refractivity contribution in [3.05, 3.63) is 36.5 Å². The molecule has 0 aromatic heterocycles. The highest BCUT2D eigenvalue weighted by molar-refractivity contribution is 7.47. The fourth-order valence-electron chi connectivity index (χ4n) is 5.15. The standard InChI is InChI=1S/C40H76NO7P/c1-6-8-10-12-14-16-18-20-22-24-26-28-30-32-35-45-37-39(38-47-49(43,44)46-36-34-41(3,4)5)48-40(42)33-31-29-27-25-23-21-19-17-15-13-11-9-7-2/h8,10,14,16,20,22,39H,6-7,9,11-13,15,17-19,21,23-38H2,1-5H3/p+1/b10-8-,16-14-,22-20-. The van der Waals surface area contributed by atoms with Crippen LogP contribution in [0.3, 0.4) is 0 Å². The summed E-state index contributed by atoms with van der Waals surface area (Å²) in [4.78, 5) is 22.8. The number of phosphoric ester groups is 1. The van der Waals surface area contributed by atoms with Gasteiger partial charge in [-0.3, -0.25) is 13.8 Å². The van der Waals surface area contributed by atoms with E-state index in [1.165, 1.54) is 64.2 Å². The lowest BCUT2D eigenvalue weighted by molar-refractivity contribution is -0.870. The number of likely N-dealkylation sites (N-methyl/N-ethyl adjacent to an activating group) is 1. The molecule has 49 heavy (non-hydrogen) atoms. The Hall–Kier alpha value is -1.28. The molecule has 2 atom stereocenters. The monoisotopic (exact) mass is 715 g/mol. The van der Waals surface area contributed by atoms with Gasteiger partial charge in [-0.2, -0.15) is 0 Å². The summed E-state index contributed by atoms with van der Waals surface area (Å²) in [6, 6.07) is 0. The molecule has 2 unspecified atom stereocenters. The van der Waals surface area contributed by atoms with Crippen LogP contribution in [-0.2, 0) is 27.9 Å². The first kappa shape index (κ1) is 47.7. The number of allylic oxidation sites excluding steroid dienone is 6. The molecule has 0 aromatic rings. The number of phosphoric acid groups is 1. The average molecular weight is 715 g/mol. The van der Waals surface area contributed by atoms with Gasteiger partial charge < -0.3 is 18.9 Å². The third-order valence-electron chi connectivity index (χ3n) is 8.22. The number of hydrogen-bond acceptors (Lipinski definition) is 6. The first-order valence-corrected chi connectivity index (χ1v) is 21.2. The molecule has 0 radical (unpaired) electrons. The Morgan fingerprint density at radius 3 is 1.78 bits per heavy atom. The zero-order chi connectivity index (χ0) is 36.3. The molecule has 1 N–H and O–H groups in total. The van der Waals surface area contributed by atoms with E-state index in [9.17, 15) is 14.3 Å². The number of carbonyl (C=O) groups excluding carboxylic acids is 1. The van der Waals surface area contributed by atoms with Gasteiger partial charge in [0.1, 0.15) is 19.3 Å². The lowest BCUT2D eigenvalue weighted by Crippen LogP contribution is -2.37. The molecule has 0 rings (SSSR count). The number of hydrogen-bond donors (Lipinski definition) is 1. The van der Waals surface area contributed by atoms with E-state index in [2.05, 4.69) is 50.3 Å². The quantitative estimate of drug-likeness (QED) is 0.0227. The molecule has 0 aliphatic rings. The molecule has 0 aromatic carbocycles. The number of carbonyl (C=O) groups is 1. The Morgan fingerprint density at radius 1 is 0.653 bits per heavy atom. The smallest absolute Gasteiger partial charge is 0.457 e. The highest BCUT2D eigenvalue weighted by atomic mass is 31.2. The van der Waals surface area contributed by atoms with Gasteiger partial charge in [0.05, 0.1) is 34.4 Å². The van der Waals surface area contributed by atoms with Gasteiger partial charge in [-0.1, -0.05) is 140 Å². The summed E-state index contributed by atoms with van der Waals surface area (Å²) >= 11 is 0. The number of unbranched alkanes of at least 4 members (excludes halogenated alkanes) is 16. The Morgan fingerprint density at radius 2 is 1.18 bits per heavy atom. The summed E-state index contributed by atoms with van der Waals surface area (Å²) in [6.07, 6.45) is 37.4. The van der Waals surface area contributed by atoms with Gasteiger partial charge in [-0.15, -0.1) is 0 Å². The first-order chi connectivity index (χ1) is 23.6. The zero-order valence-corrected chi connectivity index (χ0v) is 33.3. The highest BCUT2D eigenvalue weighted by Gasteiger charge is 2.26. The molecule has 0 spiro atoms. The molecule has 0 aliphatic carbocycles. The number of ether oxygens (including phenoxy) is 2. The van der Waals surface area contributed by atoms with Crippen molar-refractivity contribution < 1.29 is 37.3 Å². The maximum absolute atomic E-state index is 12.6. The van der Waals surface area contributed by atoms with Crippen molar-refractivity contribution in [2.75, 3.05) is 54.1 Å². The summed E-state index contributed by atoms with van der Waals surface area (Å²) in [5.41, 5.74) is 0. The van der Waals surface area contributed by atoms with E-state index >= 15 is 0 Å². The van der Waals surface area contributed by atoms with Crippen LogP contribution in [0.4, 0.5) is 0 Å². The molecule has 0 bridgehead atoms. The second-order valence-corrected chi connectivity index (χ2v) is 15.7. The molecule has 0 heterocycles. The average Bonchev–Trinajstić information content (AvgIpc) is 3.04. The SMILES string of the molecule is CC/C=C\C/C=C\C/C=C\CCCCCCOCC(COP(=O)(O)OCC[N+](C)(C)C)OC(=O)CCCCCCCCCCCCCCC. The lowest BCUT2D eigenvalue weighted by Gasteiger charge is -2.24. The second-order valence-electron chi connectivity index (χ2n) is 14.3. The largest absolute Gasteiger partial charge is 0.472 e. The van der Waals surface area contributed by atoms with Crippen molar-refractivity contribution in [3.63, 3.8) is 0 Å². The van der Waals surface area contributed by atoms with Gasteiger partial charge in [0.15, 0.2) is 0 Å². The summed E-state index contributed by atoms with van der Waals surface area (Å²) in [7, 11) is 1.65. The summed E-state index contributed by atoms with van der Waals surface area (Å²) < 4.78 is 34.8. The molecule has 288 valence electrons. The first-order valence-electron chi connectivity index (χ1n) is 19.7. The van der Waals surface area contributed by atoms with Crippen LogP contribution in [0.2, 0.25) is 0 Å². The van der Waals surface area contributed by atoms with Gasteiger partial charge in [0.25, 0.3) is 0 Å². The van der Waals surface area contributed by atoms with Crippen LogP contribution in [-0.4, -0.2) is 75.6 Å². The molecule has 9 heteroatoms. The molecule has 0 fully saturated rings. The molecule has 0 saturated carbocycles. The van der Waals surface area contributed by atoms with Gasteiger partial charge in [-0.05, 0) is 44.9 Å². The van der Waals surface area contributed by atoms with E-state index in [1.807, 2.05) is 21.1 Å². The highest BCUT2D eigenvalue weighted by Crippen LogP contribution is 2.43. The lowest BCUT2D eigenvalue weighted by atomic mass is 10.0. The maximum atomic E-state index is 12.6. The van der Waals surface area contributed by atoms with Crippen LogP contribution in [0.25, 0.3) is 0 Å². The topological polar surface area (TPSA) is 91.3 Å². The van der Waals surface area contributed by atoms with Crippen molar-refractivity contribution in [3.8, 4) is 0 Å². The minimum atomic E-state index is -4.27. The number of rotatable bonds is 36. The summed E-state index contributed by atoms with van der Waals surface area (Å²) in [5.74, 6) is -0.323. The zero-order valence-electron chi connectivity index (χ0n) is 32.4. The van der Waals surface area contributed by atoms with Crippen LogP contribution in [0.15, 0.2) is 36.5 Å². The van der Waals surface area contributed by atoms with Crippen LogP contribution >= 0.6 is 7.82 Å². The van der Waals surface area contributed by atoms with E-state index < -0.39 is 13.9 Å². The maximum Gasteiger partial charge on any atom is 0.472 e. The van der Waals surface area contributed by atoms with E-state index in [1.54, 1.807) is 0 Å². The Kier molecular flexibility index (Phi) is 33.0. The van der Waals surface area contributed by atoms with E-state index in [0.29, 0.717) is 24.1 Å². The number of esters is 1. The number of nitrogens with zero attached hydrogens (tertiary/aromatic N) is 1. The van der Waals surface area contributed by atoms with E-state index in [4.69, 9.17) is 18.5 Å². The van der Waals surface area contributed by atoms with Crippen LogP contribution < -0.4 is 0 Å². The molecule has 0 aliphatic heterocycles. The van der Waals surface area contributed by atoms with Crippen molar-refractivity contribution in [2.24, 2.45) is 0 Å². The Labute approximate surface area is 302 Å². The Bertz CT molecular complexity index is 884. The van der Waals surface area contributed by atoms with Crippen LogP contribution in [0, 0.1) is 0 Å². The van der Waals surface area contributed by atoms with Gasteiger partial charge >= 0.3 is 13.8 Å². The third kappa shape index (κ3) is 37.8. The fraction of sp³-hybridized carbons (Fsp3) is 0.825. The van der Waals surface area contributed by atoms with Crippen LogP contribution in [0.5, 0.6) is 0 Å². The fourth-order valence-corrected chi connectivity index (χ4v) is 5.90. The van der Waals surface area contributed by atoms with Crippen molar-refractivity contribution >= 4 is 13.8 Å². The predicted molar refractivity (Wildman–Crippen MR) is 206 cm³/mol. The van der Waals surface area contributed by atoms with Gasteiger partial charge in [0, 0.05) is 13.0 Å². The second kappa shape index (κ2) is 33.8. The minimum absolute atomic E-state index is 0.0844. The van der Waals surface area contributed by atoms with E-state index in [-0.39, 0.29) is 25.8 Å². The summed E-state index contributed by atoms with van der Waals surface area (Å²) in [5, 5.41) is 0. The van der Waals surface area contributed by atoms with Gasteiger partial charge in [-0.25, -0.2) is 4.57 Å². The predicted octanol–water partition coefficient (Wildman–Crippen LogP) is 11.0.